The summed E-state index contributed by atoms with van der Waals surface area (Å²) in [7, 11) is 0. The van der Waals surface area contributed by atoms with Gasteiger partial charge in [0.15, 0.2) is 0 Å². The Labute approximate surface area is 177 Å². The number of carbonyl (C=O) groups is 1. The molecular formula is C25H30N2OS. The molecular weight excluding hydrogens is 376 g/mol. The molecule has 1 aromatic heterocycles. The van der Waals surface area contributed by atoms with Crippen molar-refractivity contribution in [1.82, 2.24) is 4.90 Å². The van der Waals surface area contributed by atoms with Crippen molar-refractivity contribution >= 4 is 27.3 Å². The third-order valence-corrected chi connectivity index (χ3v) is 7.34. The monoisotopic (exact) mass is 406 g/mol. The van der Waals surface area contributed by atoms with Crippen LogP contribution in [0.1, 0.15) is 57.9 Å². The molecule has 0 aliphatic carbocycles. The van der Waals surface area contributed by atoms with Crippen LogP contribution in [0.15, 0.2) is 35.7 Å². The third kappa shape index (κ3) is 4.10. The minimum Gasteiger partial charge on any atom is -0.334 e. The van der Waals surface area contributed by atoms with Gasteiger partial charge in [0, 0.05) is 28.9 Å². The lowest BCUT2D eigenvalue weighted by atomic mass is 9.90. The molecule has 29 heavy (non-hydrogen) atoms. The van der Waals surface area contributed by atoms with Crippen molar-refractivity contribution in [2.75, 3.05) is 6.54 Å². The molecule has 4 heteroatoms. The average molecular weight is 407 g/mol. The summed E-state index contributed by atoms with van der Waals surface area (Å²) in [6.07, 6.45) is 2.70. The van der Waals surface area contributed by atoms with E-state index in [1.54, 1.807) is 0 Å². The minimum atomic E-state index is -0.293. The SMILES string of the molecule is Cc1ccc2scc(CCC(C)(N)CCN3Cc4cc(C)c(C)cc4C3=O)c2c1. The summed E-state index contributed by atoms with van der Waals surface area (Å²) in [5.41, 5.74) is 13.5. The number of nitrogens with zero attached hydrogens (tertiary/aromatic N) is 1. The molecule has 2 N–H and O–H groups in total. The molecule has 2 aromatic carbocycles. The predicted molar refractivity (Wildman–Crippen MR) is 123 cm³/mol. The Bertz CT molecular complexity index is 1080. The highest BCUT2D eigenvalue weighted by molar-refractivity contribution is 7.17. The van der Waals surface area contributed by atoms with Gasteiger partial charge < -0.3 is 10.6 Å². The van der Waals surface area contributed by atoms with Gasteiger partial charge in [-0.2, -0.15) is 0 Å². The quantitative estimate of drug-likeness (QED) is 0.586. The van der Waals surface area contributed by atoms with Gasteiger partial charge in [-0.1, -0.05) is 23.8 Å². The Kier molecular flexibility index (Phi) is 5.26. The summed E-state index contributed by atoms with van der Waals surface area (Å²) >= 11 is 1.81. The molecule has 0 spiro atoms. The number of hydrogen-bond donors (Lipinski definition) is 1. The van der Waals surface area contributed by atoms with Crippen LogP contribution in [0.2, 0.25) is 0 Å². The van der Waals surface area contributed by atoms with Crippen LogP contribution in [0.25, 0.3) is 10.1 Å². The third-order valence-electron chi connectivity index (χ3n) is 6.33. The molecule has 0 radical (unpaired) electrons. The van der Waals surface area contributed by atoms with Crippen LogP contribution in [-0.4, -0.2) is 22.9 Å². The number of hydrogen-bond acceptors (Lipinski definition) is 3. The zero-order valence-electron chi connectivity index (χ0n) is 17.8. The number of amides is 1. The summed E-state index contributed by atoms with van der Waals surface area (Å²) in [5, 5.41) is 3.63. The largest absolute Gasteiger partial charge is 0.334 e. The molecule has 0 saturated heterocycles. The van der Waals surface area contributed by atoms with Crippen molar-refractivity contribution in [3.05, 3.63) is 69.1 Å². The maximum Gasteiger partial charge on any atom is 0.254 e. The van der Waals surface area contributed by atoms with Crippen molar-refractivity contribution < 1.29 is 4.79 Å². The fourth-order valence-corrected chi connectivity index (χ4v) is 5.14. The van der Waals surface area contributed by atoms with E-state index in [2.05, 4.69) is 57.3 Å². The second-order valence-electron chi connectivity index (χ2n) is 8.98. The van der Waals surface area contributed by atoms with E-state index in [4.69, 9.17) is 5.73 Å². The maximum atomic E-state index is 12.8. The standard InChI is InChI=1S/C25H30N2OS/c1-16-5-6-23-21(11-16)19(15-29-23)7-8-25(4,26)9-10-27-14-20-12-17(2)18(3)13-22(20)24(27)28/h5-6,11-13,15H,7-10,14,26H2,1-4H3. The van der Waals surface area contributed by atoms with Crippen molar-refractivity contribution in [1.29, 1.82) is 0 Å². The maximum absolute atomic E-state index is 12.8. The first-order chi connectivity index (χ1) is 13.7. The highest BCUT2D eigenvalue weighted by Gasteiger charge is 2.29. The lowest BCUT2D eigenvalue weighted by molar-refractivity contribution is 0.0766. The number of benzene rings is 2. The van der Waals surface area contributed by atoms with Gasteiger partial charge in [-0.05, 0) is 92.1 Å². The predicted octanol–water partition coefficient (Wildman–Crippen LogP) is 5.52. The number of fused-ring (bicyclic) bond motifs is 2. The number of rotatable bonds is 6. The van der Waals surface area contributed by atoms with Crippen molar-refractivity contribution in [2.24, 2.45) is 5.73 Å². The van der Waals surface area contributed by atoms with E-state index in [9.17, 15) is 4.79 Å². The van der Waals surface area contributed by atoms with Crippen LogP contribution in [-0.2, 0) is 13.0 Å². The Morgan fingerprint density at radius 2 is 1.86 bits per heavy atom. The summed E-state index contributed by atoms with van der Waals surface area (Å²) < 4.78 is 1.34. The average Bonchev–Trinajstić information content (AvgIpc) is 3.20. The van der Waals surface area contributed by atoms with Crippen LogP contribution < -0.4 is 5.73 Å². The molecule has 1 atom stereocenters. The summed E-state index contributed by atoms with van der Waals surface area (Å²) in [6.45, 7) is 9.85. The highest BCUT2D eigenvalue weighted by atomic mass is 32.1. The van der Waals surface area contributed by atoms with E-state index in [-0.39, 0.29) is 11.4 Å². The van der Waals surface area contributed by atoms with Crippen LogP contribution in [0.4, 0.5) is 0 Å². The Balaban J connectivity index is 1.38. The molecule has 0 fully saturated rings. The van der Waals surface area contributed by atoms with Gasteiger partial charge in [-0.15, -0.1) is 11.3 Å². The minimum absolute atomic E-state index is 0.151. The summed E-state index contributed by atoms with van der Waals surface area (Å²) in [4.78, 5) is 14.7. The fourth-order valence-electron chi connectivity index (χ4n) is 4.16. The Hall–Kier alpha value is -2.17. The van der Waals surface area contributed by atoms with Gasteiger partial charge in [0.1, 0.15) is 0 Å². The van der Waals surface area contributed by atoms with Crippen LogP contribution in [0.3, 0.4) is 0 Å². The van der Waals surface area contributed by atoms with Gasteiger partial charge in [0.2, 0.25) is 0 Å². The highest BCUT2D eigenvalue weighted by Crippen LogP contribution is 2.30. The van der Waals surface area contributed by atoms with Crippen LogP contribution >= 0.6 is 11.3 Å². The zero-order valence-corrected chi connectivity index (χ0v) is 18.7. The zero-order chi connectivity index (χ0) is 20.8. The molecule has 1 amide bonds. The van der Waals surface area contributed by atoms with E-state index in [1.807, 2.05) is 22.3 Å². The Morgan fingerprint density at radius 1 is 1.10 bits per heavy atom. The number of nitrogens with two attached hydrogens (primary N) is 1. The normalized spacial score (nSPS) is 15.8. The molecule has 4 rings (SSSR count). The summed E-state index contributed by atoms with van der Waals surface area (Å²) in [5.74, 6) is 0.151. The molecule has 152 valence electrons. The first kappa shape index (κ1) is 20.1. The molecule has 3 aromatic rings. The first-order valence-corrected chi connectivity index (χ1v) is 11.3. The van der Waals surface area contributed by atoms with Gasteiger partial charge >= 0.3 is 0 Å². The van der Waals surface area contributed by atoms with Gasteiger partial charge in [-0.25, -0.2) is 0 Å². The molecule has 1 aliphatic rings. The second kappa shape index (κ2) is 7.58. The number of carbonyl (C=O) groups excluding carboxylic acids is 1. The summed E-state index contributed by atoms with van der Waals surface area (Å²) in [6, 6.07) is 10.9. The lowest BCUT2D eigenvalue weighted by Crippen LogP contribution is -2.40. The van der Waals surface area contributed by atoms with Gasteiger partial charge in [0.25, 0.3) is 5.91 Å². The molecule has 2 heterocycles. The molecule has 0 saturated carbocycles. The molecule has 1 unspecified atom stereocenters. The smallest absolute Gasteiger partial charge is 0.254 e. The van der Waals surface area contributed by atoms with Crippen LogP contribution in [0, 0.1) is 20.8 Å². The topological polar surface area (TPSA) is 46.3 Å². The fraction of sp³-hybridized carbons (Fsp3) is 0.400. The molecule has 0 bridgehead atoms. The van der Waals surface area contributed by atoms with E-state index >= 15 is 0 Å². The molecule has 1 aliphatic heterocycles. The van der Waals surface area contributed by atoms with Crippen molar-refractivity contribution in [3.8, 4) is 0 Å². The Morgan fingerprint density at radius 3 is 2.66 bits per heavy atom. The van der Waals surface area contributed by atoms with Crippen LogP contribution in [0.5, 0.6) is 0 Å². The van der Waals surface area contributed by atoms with E-state index in [0.29, 0.717) is 13.1 Å². The number of thiophene rings is 1. The van der Waals surface area contributed by atoms with E-state index < -0.39 is 0 Å². The molecule has 3 nitrogen and oxygen atoms in total. The van der Waals surface area contributed by atoms with Crippen molar-refractivity contribution in [2.45, 2.75) is 59.0 Å². The van der Waals surface area contributed by atoms with Crippen molar-refractivity contribution in [3.63, 3.8) is 0 Å². The lowest BCUT2D eigenvalue weighted by Gasteiger charge is -2.27. The number of aryl methyl sites for hydroxylation is 4. The van der Waals surface area contributed by atoms with Gasteiger partial charge in [-0.3, -0.25) is 4.79 Å². The van der Waals surface area contributed by atoms with E-state index in [1.165, 1.54) is 32.3 Å². The second-order valence-corrected chi connectivity index (χ2v) is 9.90. The first-order valence-electron chi connectivity index (χ1n) is 10.4. The van der Waals surface area contributed by atoms with Gasteiger partial charge in [0.05, 0.1) is 0 Å². The van der Waals surface area contributed by atoms with E-state index in [0.717, 1.165) is 30.4 Å².